The van der Waals surface area contributed by atoms with Crippen LogP contribution in [0, 0.1) is 5.92 Å². The van der Waals surface area contributed by atoms with Crippen molar-refractivity contribution < 1.29 is 9.32 Å². The number of primary amides is 1. The Morgan fingerprint density at radius 2 is 2.18 bits per heavy atom. The van der Waals surface area contributed by atoms with Gasteiger partial charge < -0.3 is 16.0 Å². The molecule has 0 aromatic carbocycles. The first-order chi connectivity index (χ1) is 8.07. The Kier molecular flexibility index (Phi) is 3.15. The summed E-state index contributed by atoms with van der Waals surface area (Å²) >= 11 is 0. The standard InChI is InChI=1S/C11H18N4O2/c1-7-2-4-11(6-12,5-3-7)10-14-9(8(13)16)15-17-10/h7H,2-6,12H2,1H3,(H2,13,16). The second kappa shape index (κ2) is 4.44. The second-order valence-electron chi connectivity index (χ2n) is 4.95. The second-order valence-corrected chi connectivity index (χ2v) is 4.95. The Hall–Kier alpha value is -1.43. The van der Waals surface area contributed by atoms with Crippen LogP contribution in [-0.4, -0.2) is 22.6 Å². The number of carbonyl (C=O) groups excluding carboxylic acids is 1. The highest BCUT2D eigenvalue weighted by Crippen LogP contribution is 2.39. The van der Waals surface area contributed by atoms with Crippen molar-refractivity contribution in [1.82, 2.24) is 10.1 Å². The van der Waals surface area contributed by atoms with Gasteiger partial charge in [-0.25, -0.2) is 0 Å². The fourth-order valence-corrected chi connectivity index (χ4v) is 2.36. The molecule has 1 saturated carbocycles. The van der Waals surface area contributed by atoms with E-state index < -0.39 is 5.91 Å². The monoisotopic (exact) mass is 238 g/mol. The third-order valence-corrected chi connectivity index (χ3v) is 3.72. The van der Waals surface area contributed by atoms with E-state index in [1.54, 1.807) is 0 Å². The molecular weight excluding hydrogens is 220 g/mol. The van der Waals surface area contributed by atoms with E-state index in [9.17, 15) is 4.79 Å². The molecular formula is C11H18N4O2. The van der Waals surface area contributed by atoms with Crippen LogP contribution in [0.15, 0.2) is 4.52 Å². The van der Waals surface area contributed by atoms with E-state index in [-0.39, 0.29) is 11.2 Å². The molecule has 1 aliphatic carbocycles. The lowest BCUT2D eigenvalue weighted by Gasteiger charge is -2.35. The summed E-state index contributed by atoms with van der Waals surface area (Å²) in [5, 5.41) is 3.59. The van der Waals surface area contributed by atoms with Crippen molar-refractivity contribution in [2.75, 3.05) is 6.54 Å². The van der Waals surface area contributed by atoms with Gasteiger partial charge in [-0.1, -0.05) is 12.1 Å². The number of hydrogen-bond acceptors (Lipinski definition) is 5. The minimum atomic E-state index is -0.670. The van der Waals surface area contributed by atoms with Crippen molar-refractivity contribution in [2.45, 2.75) is 38.0 Å². The maximum atomic E-state index is 10.9. The lowest BCUT2D eigenvalue weighted by Crippen LogP contribution is -2.39. The molecule has 1 amide bonds. The van der Waals surface area contributed by atoms with E-state index >= 15 is 0 Å². The van der Waals surface area contributed by atoms with Crippen molar-refractivity contribution in [3.05, 3.63) is 11.7 Å². The molecule has 4 N–H and O–H groups in total. The molecule has 2 rings (SSSR count). The van der Waals surface area contributed by atoms with Gasteiger partial charge in [0, 0.05) is 6.54 Å². The molecule has 0 aliphatic heterocycles. The van der Waals surface area contributed by atoms with Crippen LogP contribution in [0.5, 0.6) is 0 Å². The molecule has 0 saturated heterocycles. The summed E-state index contributed by atoms with van der Waals surface area (Å²) in [6.45, 7) is 2.68. The van der Waals surface area contributed by atoms with Crippen molar-refractivity contribution in [2.24, 2.45) is 17.4 Å². The largest absolute Gasteiger partial charge is 0.363 e. The lowest BCUT2D eigenvalue weighted by molar-refractivity contribution is 0.0987. The van der Waals surface area contributed by atoms with Crippen LogP contribution >= 0.6 is 0 Å². The Bertz CT molecular complexity index is 407. The van der Waals surface area contributed by atoms with Gasteiger partial charge in [-0.15, -0.1) is 0 Å². The van der Waals surface area contributed by atoms with E-state index in [0.29, 0.717) is 18.4 Å². The van der Waals surface area contributed by atoms with Crippen LogP contribution in [0.2, 0.25) is 0 Å². The Balaban J connectivity index is 2.25. The summed E-state index contributed by atoms with van der Waals surface area (Å²) in [5.41, 5.74) is 10.7. The maximum Gasteiger partial charge on any atom is 0.290 e. The molecule has 0 spiro atoms. The van der Waals surface area contributed by atoms with Crippen LogP contribution in [0.4, 0.5) is 0 Å². The zero-order chi connectivity index (χ0) is 12.5. The average Bonchev–Trinajstić information content (AvgIpc) is 2.81. The summed E-state index contributed by atoms with van der Waals surface area (Å²) in [7, 11) is 0. The summed E-state index contributed by atoms with van der Waals surface area (Å²) < 4.78 is 5.15. The summed E-state index contributed by atoms with van der Waals surface area (Å²) in [6.07, 6.45) is 4.02. The van der Waals surface area contributed by atoms with E-state index in [1.165, 1.54) is 0 Å². The van der Waals surface area contributed by atoms with Crippen LogP contribution in [0.1, 0.15) is 49.1 Å². The number of hydrogen-bond donors (Lipinski definition) is 2. The van der Waals surface area contributed by atoms with Gasteiger partial charge >= 0.3 is 0 Å². The van der Waals surface area contributed by atoms with Gasteiger partial charge in [-0.05, 0) is 31.6 Å². The molecule has 6 heteroatoms. The molecule has 6 nitrogen and oxygen atoms in total. The predicted octanol–water partition coefficient (Wildman–Crippen LogP) is 0.575. The van der Waals surface area contributed by atoms with E-state index in [0.717, 1.165) is 25.7 Å². The van der Waals surface area contributed by atoms with Gasteiger partial charge in [0.2, 0.25) is 5.89 Å². The van der Waals surface area contributed by atoms with Crippen LogP contribution in [-0.2, 0) is 5.41 Å². The van der Waals surface area contributed by atoms with Crippen LogP contribution in [0.25, 0.3) is 0 Å². The first kappa shape index (κ1) is 12.0. The number of aromatic nitrogens is 2. The molecule has 0 bridgehead atoms. The minimum Gasteiger partial charge on any atom is -0.363 e. The zero-order valence-corrected chi connectivity index (χ0v) is 9.98. The first-order valence-corrected chi connectivity index (χ1v) is 5.91. The molecule has 17 heavy (non-hydrogen) atoms. The smallest absolute Gasteiger partial charge is 0.290 e. The number of amides is 1. The summed E-state index contributed by atoms with van der Waals surface area (Å²) in [6, 6.07) is 0. The van der Waals surface area contributed by atoms with Crippen molar-refractivity contribution in [1.29, 1.82) is 0 Å². The van der Waals surface area contributed by atoms with Crippen molar-refractivity contribution >= 4 is 5.91 Å². The fourth-order valence-electron chi connectivity index (χ4n) is 2.36. The number of rotatable bonds is 3. The van der Waals surface area contributed by atoms with Gasteiger partial charge in [-0.2, -0.15) is 4.98 Å². The van der Waals surface area contributed by atoms with Gasteiger partial charge in [0.05, 0.1) is 5.41 Å². The van der Waals surface area contributed by atoms with Crippen molar-refractivity contribution in [3.63, 3.8) is 0 Å². The van der Waals surface area contributed by atoms with E-state index in [1.807, 2.05) is 0 Å². The average molecular weight is 238 g/mol. The predicted molar refractivity (Wildman–Crippen MR) is 61.2 cm³/mol. The van der Waals surface area contributed by atoms with Gasteiger partial charge in [-0.3, -0.25) is 4.79 Å². The molecule has 1 aliphatic rings. The normalized spacial score (nSPS) is 29.2. The van der Waals surface area contributed by atoms with Gasteiger partial charge in [0.25, 0.3) is 11.7 Å². The molecule has 1 aromatic heterocycles. The molecule has 94 valence electrons. The lowest BCUT2D eigenvalue weighted by atomic mass is 9.71. The third kappa shape index (κ3) is 2.17. The highest BCUT2D eigenvalue weighted by molar-refractivity contribution is 5.88. The highest BCUT2D eigenvalue weighted by atomic mass is 16.5. The molecule has 0 unspecified atom stereocenters. The zero-order valence-electron chi connectivity index (χ0n) is 9.98. The maximum absolute atomic E-state index is 10.9. The fraction of sp³-hybridized carbons (Fsp3) is 0.727. The summed E-state index contributed by atoms with van der Waals surface area (Å²) in [5.74, 6) is 0.428. The molecule has 0 atom stereocenters. The van der Waals surface area contributed by atoms with Gasteiger partial charge in [0.15, 0.2) is 0 Å². The third-order valence-electron chi connectivity index (χ3n) is 3.72. The number of nitrogens with two attached hydrogens (primary N) is 2. The Morgan fingerprint density at radius 1 is 1.53 bits per heavy atom. The minimum absolute atomic E-state index is 0.0635. The highest BCUT2D eigenvalue weighted by Gasteiger charge is 2.39. The number of nitrogens with zero attached hydrogens (tertiary/aromatic N) is 2. The topological polar surface area (TPSA) is 108 Å². The summed E-state index contributed by atoms with van der Waals surface area (Å²) in [4.78, 5) is 15.0. The van der Waals surface area contributed by atoms with Gasteiger partial charge in [0.1, 0.15) is 0 Å². The van der Waals surface area contributed by atoms with Crippen LogP contribution in [0.3, 0.4) is 0 Å². The first-order valence-electron chi connectivity index (χ1n) is 5.91. The molecule has 1 heterocycles. The molecule has 0 radical (unpaired) electrons. The molecule has 1 aromatic rings. The van der Waals surface area contributed by atoms with E-state index in [2.05, 4.69) is 17.1 Å². The van der Waals surface area contributed by atoms with Crippen molar-refractivity contribution in [3.8, 4) is 0 Å². The Labute approximate surface area is 99.7 Å². The SMILES string of the molecule is CC1CCC(CN)(c2nc(C(N)=O)no2)CC1. The quantitative estimate of drug-likeness (QED) is 0.800. The Morgan fingerprint density at radius 3 is 2.65 bits per heavy atom. The molecule has 1 fully saturated rings. The number of carbonyl (C=O) groups is 1. The van der Waals surface area contributed by atoms with E-state index in [4.69, 9.17) is 16.0 Å². The van der Waals surface area contributed by atoms with Crippen LogP contribution < -0.4 is 11.5 Å².